The first-order chi connectivity index (χ1) is 17.6. The number of rotatable bonds is 10. The molecule has 13 nitrogen and oxygen atoms in total. The number of aromatic nitrogens is 4. The van der Waals surface area contributed by atoms with Gasteiger partial charge >= 0.3 is 5.97 Å². The van der Waals surface area contributed by atoms with Crippen LogP contribution in [0.25, 0.3) is 10.9 Å². The molecule has 0 saturated carbocycles. The number of fused-ring (bicyclic) bond motifs is 1. The van der Waals surface area contributed by atoms with E-state index in [1.807, 2.05) is 0 Å². The fourth-order valence-corrected chi connectivity index (χ4v) is 4.89. The second kappa shape index (κ2) is 10.6. The molecule has 2 heterocycles. The van der Waals surface area contributed by atoms with Gasteiger partial charge in [0.05, 0.1) is 16.6 Å². The maximum absolute atomic E-state index is 13.5. The summed E-state index contributed by atoms with van der Waals surface area (Å²) in [5.41, 5.74) is 12.8. The van der Waals surface area contributed by atoms with E-state index in [1.54, 1.807) is 30.5 Å². The van der Waals surface area contributed by atoms with Crippen LogP contribution in [-0.2, 0) is 21.2 Å². The number of nitrogens with zero attached hydrogens (tertiary/aromatic N) is 4. The number of nitrogen functional groups attached to an aromatic ring is 2. The molecule has 0 spiro atoms. The second-order valence-corrected chi connectivity index (χ2v) is 9.85. The Bertz CT molecular complexity index is 1520. The number of nitrogens with two attached hydrogens (primary N) is 2. The van der Waals surface area contributed by atoms with E-state index in [1.165, 1.54) is 35.2 Å². The van der Waals surface area contributed by atoms with Crippen molar-refractivity contribution in [1.29, 1.82) is 0 Å². The Labute approximate surface area is 211 Å². The highest BCUT2D eigenvalue weighted by Crippen LogP contribution is 2.16. The number of H-pyrrole nitrogens is 1. The minimum atomic E-state index is -4.17. The maximum Gasteiger partial charge on any atom is 0.323 e. The molecule has 0 fully saturated rings. The fourth-order valence-electron chi connectivity index (χ4n) is 3.69. The summed E-state index contributed by atoms with van der Waals surface area (Å²) in [6.45, 7) is -0.464. The predicted molar refractivity (Wildman–Crippen MR) is 135 cm³/mol. The van der Waals surface area contributed by atoms with Crippen LogP contribution in [0.2, 0.25) is 0 Å². The van der Waals surface area contributed by atoms with Crippen LogP contribution in [0.3, 0.4) is 0 Å². The summed E-state index contributed by atoms with van der Waals surface area (Å²) in [5.74, 6) is -1.86. The lowest BCUT2D eigenvalue weighted by Crippen LogP contribution is -2.50. The van der Waals surface area contributed by atoms with Crippen LogP contribution < -0.4 is 16.2 Å². The first-order valence-corrected chi connectivity index (χ1v) is 12.5. The summed E-state index contributed by atoms with van der Waals surface area (Å²) in [5, 5.41) is 17.2. The summed E-state index contributed by atoms with van der Waals surface area (Å²) >= 11 is 0. The summed E-state index contributed by atoms with van der Waals surface area (Å²) in [6, 6.07) is 12.1. The van der Waals surface area contributed by atoms with E-state index in [2.05, 4.69) is 24.9 Å². The van der Waals surface area contributed by atoms with Crippen molar-refractivity contribution in [2.75, 3.05) is 24.6 Å². The van der Waals surface area contributed by atoms with E-state index in [9.17, 15) is 23.1 Å². The average molecular weight is 525 g/mol. The number of carbonyl (C=O) groups is 2. The third-order valence-electron chi connectivity index (χ3n) is 5.48. The molecule has 1 atom stereocenters. The molecule has 0 bridgehead atoms. The van der Waals surface area contributed by atoms with E-state index in [-0.39, 0.29) is 35.2 Å². The Morgan fingerprint density at radius 2 is 1.84 bits per heavy atom. The van der Waals surface area contributed by atoms with Gasteiger partial charge in [0.15, 0.2) is 0 Å². The molecule has 0 radical (unpaired) electrons. The molecule has 4 aromatic rings. The largest absolute Gasteiger partial charge is 0.480 e. The van der Waals surface area contributed by atoms with Crippen LogP contribution in [0.4, 0.5) is 11.8 Å². The topological polar surface area (TPSA) is 210 Å². The number of sulfonamides is 1. The minimum Gasteiger partial charge on any atom is -0.480 e. The molecule has 192 valence electrons. The fraction of sp³-hybridized carbons (Fsp3) is 0.174. The highest BCUT2D eigenvalue weighted by Gasteiger charge is 2.30. The average Bonchev–Trinajstić information content (AvgIpc) is 3.33. The molecule has 0 saturated heterocycles. The molecule has 7 N–H and O–H groups in total. The Balaban J connectivity index is 1.62. The van der Waals surface area contributed by atoms with Gasteiger partial charge < -0.3 is 21.5 Å². The van der Waals surface area contributed by atoms with Gasteiger partial charge in [-0.15, -0.1) is 0 Å². The Kier molecular flexibility index (Phi) is 7.31. The number of aromatic amines is 1. The Hall–Kier alpha value is -4.56. The van der Waals surface area contributed by atoms with Gasteiger partial charge in [0.25, 0.3) is 5.91 Å². The van der Waals surface area contributed by atoms with Gasteiger partial charge in [0.2, 0.25) is 16.0 Å². The van der Waals surface area contributed by atoms with Crippen LogP contribution in [0.5, 0.6) is 0 Å². The lowest BCUT2D eigenvalue weighted by molar-refractivity contribution is -0.139. The zero-order valence-electron chi connectivity index (χ0n) is 19.4. The number of aliphatic carboxylic acids is 1. The highest BCUT2D eigenvalue weighted by atomic mass is 32.2. The van der Waals surface area contributed by atoms with Crippen LogP contribution in [0.1, 0.15) is 16.1 Å². The summed E-state index contributed by atoms with van der Waals surface area (Å²) in [7, 11) is -4.17. The smallest absolute Gasteiger partial charge is 0.323 e. The SMILES string of the molecule is Nc1cc(CCN(C[C@H](NS(=O)(=O)c2ccccc2)C(=O)O)C(=O)c2ccc3[nH]ncc3c2)nc(N)n1. The van der Waals surface area contributed by atoms with Gasteiger partial charge in [-0.05, 0) is 30.3 Å². The summed E-state index contributed by atoms with van der Waals surface area (Å²) < 4.78 is 27.8. The standard InChI is InChI=1S/C23H24N8O5S/c24-20-11-16(27-23(25)28-20)8-9-31(21(32)14-6-7-18-15(10-14)12-26-29-18)13-19(22(33)34)30-37(35,36)17-4-2-1-3-5-17/h1-7,10-12,19,30H,8-9,13H2,(H,26,29)(H,33,34)(H4,24,25,27,28)/t19-/m0/s1. The Morgan fingerprint density at radius 1 is 1.08 bits per heavy atom. The van der Waals surface area contributed by atoms with Crippen molar-refractivity contribution in [2.45, 2.75) is 17.4 Å². The summed E-state index contributed by atoms with van der Waals surface area (Å²) in [4.78, 5) is 34.6. The molecule has 0 unspecified atom stereocenters. The number of carboxylic acids is 1. The van der Waals surface area contributed by atoms with Crippen LogP contribution >= 0.6 is 0 Å². The first kappa shape index (κ1) is 25.5. The minimum absolute atomic E-state index is 0.00496. The quantitative estimate of drug-likeness (QED) is 0.195. The molecule has 37 heavy (non-hydrogen) atoms. The number of amides is 1. The molecular formula is C23H24N8O5S. The summed E-state index contributed by atoms with van der Waals surface area (Å²) in [6.07, 6.45) is 1.71. The van der Waals surface area contributed by atoms with Gasteiger partial charge in [-0.3, -0.25) is 14.7 Å². The third kappa shape index (κ3) is 6.17. The second-order valence-electron chi connectivity index (χ2n) is 8.14. The number of carbonyl (C=O) groups excluding carboxylic acids is 1. The third-order valence-corrected chi connectivity index (χ3v) is 6.97. The molecule has 0 aliphatic heterocycles. The predicted octanol–water partition coefficient (Wildman–Crippen LogP) is 0.634. The first-order valence-electron chi connectivity index (χ1n) is 11.0. The van der Waals surface area contributed by atoms with Gasteiger partial charge in [-0.2, -0.15) is 14.8 Å². The van der Waals surface area contributed by atoms with Gasteiger partial charge in [-0.25, -0.2) is 13.4 Å². The lowest BCUT2D eigenvalue weighted by Gasteiger charge is -2.26. The molecule has 2 aromatic heterocycles. The van der Waals surface area contributed by atoms with E-state index in [4.69, 9.17) is 11.5 Å². The van der Waals surface area contributed by atoms with Crippen molar-refractivity contribution >= 4 is 44.6 Å². The van der Waals surface area contributed by atoms with E-state index in [0.29, 0.717) is 16.6 Å². The number of hydrogen-bond donors (Lipinski definition) is 5. The normalized spacial score (nSPS) is 12.3. The molecule has 14 heteroatoms. The monoisotopic (exact) mass is 524 g/mol. The van der Waals surface area contributed by atoms with Crippen LogP contribution in [0.15, 0.2) is 65.7 Å². The highest BCUT2D eigenvalue weighted by molar-refractivity contribution is 7.89. The number of anilines is 2. The number of nitrogens with one attached hydrogen (secondary N) is 2. The molecule has 0 aliphatic carbocycles. The van der Waals surface area contributed by atoms with Gasteiger partial charge in [0, 0.05) is 42.2 Å². The van der Waals surface area contributed by atoms with Crippen molar-refractivity contribution in [3.8, 4) is 0 Å². The molecule has 4 rings (SSSR count). The van der Waals surface area contributed by atoms with Crippen molar-refractivity contribution < 1.29 is 23.1 Å². The Morgan fingerprint density at radius 3 is 2.54 bits per heavy atom. The van der Waals surface area contributed by atoms with E-state index < -0.39 is 34.5 Å². The van der Waals surface area contributed by atoms with Crippen LogP contribution in [-0.4, -0.2) is 69.6 Å². The lowest BCUT2D eigenvalue weighted by atomic mass is 10.1. The zero-order valence-corrected chi connectivity index (χ0v) is 20.2. The molecule has 1 amide bonds. The number of carboxylic acid groups (broad SMARTS) is 1. The zero-order chi connectivity index (χ0) is 26.6. The van der Waals surface area contributed by atoms with E-state index >= 15 is 0 Å². The van der Waals surface area contributed by atoms with E-state index in [0.717, 1.165) is 0 Å². The molecule has 0 aliphatic rings. The van der Waals surface area contributed by atoms with Crippen molar-refractivity contribution in [3.05, 3.63) is 72.1 Å². The van der Waals surface area contributed by atoms with Gasteiger partial charge in [-0.1, -0.05) is 18.2 Å². The number of hydrogen-bond acceptors (Lipinski definition) is 9. The van der Waals surface area contributed by atoms with Crippen molar-refractivity contribution in [3.63, 3.8) is 0 Å². The molecule has 2 aromatic carbocycles. The number of benzene rings is 2. The van der Waals surface area contributed by atoms with Crippen molar-refractivity contribution in [2.24, 2.45) is 0 Å². The van der Waals surface area contributed by atoms with Gasteiger partial charge in [0.1, 0.15) is 11.9 Å². The van der Waals surface area contributed by atoms with Crippen molar-refractivity contribution in [1.82, 2.24) is 29.8 Å². The molecular weight excluding hydrogens is 500 g/mol. The van der Waals surface area contributed by atoms with Crippen LogP contribution in [0, 0.1) is 0 Å². The maximum atomic E-state index is 13.5.